The molecule has 0 radical (unpaired) electrons. The number of aliphatic carboxylic acids is 1. The highest BCUT2D eigenvalue weighted by atomic mass is 16.5. The summed E-state index contributed by atoms with van der Waals surface area (Å²) < 4.78 is 5.27. The number of hydrogen-bond donors (Lipinski definition) is 2. The molecule has 0 spiro atoms. The average molecular weight is 301 g/mol. The number of nitrogens with one attached hydrogen (secondary N) is 1. The number of rotatable bonds is 6. The number of likely N-dealkylation sites (N-methyl/N-ethyl adjacent to an activating group) is 1. The molecule has 2 N–H and O–H groups in total. The molecule has 8 heteroatoms. The smallest absolute Gasteiger partial charge is 0.320 e. The minimum Gasteiger partial charge on any atom is -0.481 e. The van der Waals surface area contributed by atoms with Crippen LogP contribution >= 0.6 is 0 Å². The Balaban J connectivity index is 2.74. The summed E-state index contributed by atoms with van der Waals surface area (Å²) in [6.07, 6.45) is -0.115. The zero-order chi connectivity index (χ0) is 15.8. The lowest BCUT2D eigenvalue weighted by atomic mass is 10.2. The first-order chi connectivity index (χ1) is 10.0. The van der Waals surface area contributed by atoms with E-state index in [2.05, 4.69) is 5.32 Å². The minimum atomic E-state index is -0.955. The Labute approximate surface area is 124 Å². The van der Waals surface area contributed by atoms with Crippen LogP contribution in [0.3, 0.4) is 0 Å². The third-order valence-corrected chi connectivity index (χ3v) is 3.28. The Kier molecular flexibility index (Phi) is 6.93. The minimum absolute atomic E-state index is 0.115. The fourth-order valence-electron chi connectivity index (χ4n) is 2.14. The van der Waals surface area contributed by atoms with Gasteiger partial charge in [-0.15, -0.1) is 0 Å². The van der Waals surface area contributed by atoms with Crippen LogP contribution in [0.4, 0.5) is 4.79 Å². The molecule has 1 heterocycles. The monoisotopic (exact) mass is 301 g/mol. The fourth-order valence-corrected chi connectivity index (χ4v) is 2.14. The average Bonchev–Trinajstić information content (AvgIpc) is 2.47. The van der Waals surface area contributed by atoms with Gasteiger partial charge in [-0.2, -0.15) is 0 Å². The van der Waals surface area contributed by atoms with Crippen LogP contribution in [-0.2, 0) is 14.3 Å². The fraction of sp³-hybridized carbons (Fsp3) is 0.769. The Morgan fingerprint density at radius 2 is 2.10 bits per heavy atom. The molecule has 1 aliphatic heterocycles. The van der Waals surface area contributed by atoms with Crippen LogP contribution in [0.5, 0.6) is 0 Å². The quantitative estimate of drug-likeness (QED) is 0.704. The summed E-state index contributed by atoms with van der Waals surface area (Å²) in [6, 6.07) is -0.983. The molecule has 0 bridgehead atoms. The summed E-state index contributed by atoms with van der Waals surface area (Å²) in [5.74, 6) is -1.21. The van der Waals surface area contributed by atoms with Crippen LogP contribution < -0.4 is 5.32 Å². The molecule has 120 valence electrons. The topological polar surface area (TPSA) is 99.2 Å². The highest BCUT2D eigenvalue weighted by molar-refractivity contribution is 5.87. The predicted octanol–water partition coefficient (Wildman–Crippen LogP) is -0.260. The van der Waals surface area contributed by atoms with Gasteiger partial charge in [-0.25, -0.2) is 4.79 Å². The Morgan fingerprint density at radius 3 is 2.67 bits per heavy atom. The molecule has 0 aromatic heterocycles. The van der Waals surface area contributed by atoms with Gasteiger partial charge in [0.25, 0.3) is 0 Å². The maximum atomic E-state index is 12.5. The van der Waals surface area contributed by atoms with Crippen LogP contribution in [0, 0.1) is 0 Å². The summed E-state index contributed by atoms with van der Waals surface area (Å²) in [4.78, 5) is 38.0. The van der Waals surface area contributed by atoms with Gasteiger partial charge in [-0.1, -0.05) is 0 Å². The van der Waals surface area contributed by atoms with Gasteiger partial charge in [0, 0.05) is 26.2 Å². The molecule has 21 heavy (non-hydrogen) atoms. The zero-order valence-corrected chi connectivity index (χ0v) is 12.5. The Bertz CT molecular complexity index is 388. The van der Waals surface area contributed by atoms with E-state index in [1.807, 2.05) is 0 Å². The number of nitrogens with zero attached hydrogens (tertiary/aromatic N) is 2. The summed E-state index contributed by atoms with van der Waals surface area (Å²) >= 11 is 0. The molecule has 1 rings (SSSR count). The predicted molar refractivity (Wildman–Crippen MR) is 74.9 cm³/mol. The van der Waals surface area contributed by atoms with Crippen molar-refractivity contribution in [3.63, 3.8) is 0 Å². The number of carboxylic acids is 1. The highest BCUT2D eigenvalue weighted by Crippen LogP contribution is 2.11. The van der Waals surface area contributed by atoms with Crippen molar-refractivity contribution in [2.45, 2.75) is 26.3 Å². The van der Waals surface area contributed by atoms with E-state index in [9.17, 15) is 14.4 Å². The number of amides is 3. The van der Waals surface area contributed by atoms with E-state index in [4.69, 9.17) is 9.84 Å². The summed E-state index contributed by atoms with van der Waals surface area (Å²) in [7, 11) is 0. The summed E-state index contributed by atoms with van der Waals surface area (Å²) in [5.41, 5.74) is 0. The van der Waals surface area contributed by atoms with Crippen molar-refractivity contribution in [1.82, 2.24) is 15.1 Å². The van der Waals surface area contributed by atoms with Crippen molar-refractivity contribution < 1.29 is 24.2 Å². The third-order valence-electron chi connectivity index (χ3n) is 3.28. The van der Waals surface area contributed by atoms with E-state index in [0.29, 0.717) is 26.2 Å². The van der Waals surface area contributed by atoms with Gasteiger partial charge < -0.3 is 25.0 Å². The van der Waals surface area contributed by atoms with Crippen LogP contribution in [0.15, 0.2) is 0 Å². The van der Waals surface area contributed by atoms with Crippen molar-refractivity contribution in [2.24, 2.45) is 0 Å². The normalized spacial score (nSPS) is 18.2. The summed E-state index contributed by atoms with van der Waals surface area (Å²) in [6.45, 7) is 5.44. The molecule has 1 fully saturated rings. The summed E-state index contributed by atoms with van der Waals surface area (Å²) in [5, 5.41) is 11.4. The largest absolute Gasteiger partial charge is 0.481 e. The Hall–Kier alpha value is -1.83. The van der Waals surface area contributed by atoms with Crippen molar-refractivity contribution in [1.29, 1.82) is 0 Å². The van der Waals surface area contributed by atoms with E-state index < -0.39 is 12.0 Å². The SMILES string of the molecule is CCNC(=O)C1COCCN1C(=O)N(CC)CCC(=O)O. The number of urea groups is 1. The van der Waals surface area contributed by atoms with E-state index in [-0.39, 0.29) is 31.5 Å². The van der Waals surface area contributed by atoms with Crippen molar-refractivity contribution in [3.8, 4) is 0 Å². The molecule has 0 aliphatic carbocycles. The molecule has 0 aromatic carbocycles. The van der Waals surface area contributed by atoms with Gasteiger partial charge in [0.15, 0.2) is 0 Å². The lowest BCUT2D eigenvalue weighted by molar-refractivity contribution is -0.137. The van der Waals surface area contributed by atoms with Crippen LogP contribution in [0.1, 0.15) is 20.3 Å². The van der Waals surface area contributed by atoms with Gasteiger partial charge in [0.05, 0.1) is 19.6 Å². The maximum absolute atomic E-state index is 12.5. The molecular weight excluding hydrogens is 278 g/mol. The molecule has 0 saturated carbocycles. The number of carbonyl (C=O) groups excluding carboxylic acids is 2. The molecule has 1 atom stereocenters. The second-order valence-corrected chi connectivity index (χ2v) is 4.68. The first kappa shape index (κ1) is 17.2. The molecule has 8 nitrogen and oxygen atoms in total. The van der Waals surface area contributed by atoms with Gasteiger partial charge in [0.2, 0.25) is 5.91 Å². The lowest BCUT2D eigenvalue weighted by Crippen LogP contribution is -2.59. The Morgan fingerprint density at radius 1 is 1.38 bits per heavy atom. The number of carboxylic acid groups (broad SMARTS) is 1. The van der Waals surface area contributed by atoms with E-state index in [1.165, 1.54) is 9.80 Å². The second-order valence-electron chi connectivity index (χ2n) is 4.68. The van der Waals surface area contributed by atoms with Gasteiger partial charge >= 0.3 is 12.0 Å². The zero-order valence-electron chi connectivity index (χ0n) is 12.5. The van der Waals surface area contributed by atoms with E-state index in [1.54, 1.807) is 13.8 Å². The highest BCUT2D eigenvalue weighted by Gasteiger charge is 2.34. The molecule has 0 aromatic rings. The van der Waals surface area contributed by atoms with Gasteiger partial charge in [-0.05, 0) is 13.8 Å². The molecule has 1 unspecified atom stereocenters. The van der Waals surface area contributed by atoms with Crippen molar-refractivity contribution in [2.75, 3.05) is 39.4 Å². The first-order valence-electron chi connectivity index (χ1n) is 7.14. The van der Waals surface area contributed by atoms with Crippen molar-refractivity contribution in [3.05, 3.63) is 0 Å². The molecule has 3 amide bonds. The van der Waals surface area contributed by atoms with Crippen LogP contribution in [0.2, 0.25) is 0 Å². The van der Waals surface area contributed by atoms with Crippen LogP contribution in [-0.4, -0.2) is 78.2 Å². The molecular formula is C13H23N3O5. The number of carbonyl (C=O) groups is 3. The molecule has 1 aliphatic rings. The molecule has 1 saturated heterocycles. The van der Waals surface area contributed by atoms with Crippen LogP contribution in [0.25, 0.3) is 0 Å². The third kappa shape index (κ3) is 4.89. The van der Waals surface area contributed by atoms with E-state index in [0.717, 1.165) is 0 Å². The maximum Gasteiger partial charge on any atom is 0.320 e. The first-order valence-corrected chi connectivity index (χ1v) is 7.14. The number of morpholine rings is 1. The van der Waals surface area contributed by atoms with Gasteiger partial charge in [0.1, 0.15) is 6.04 Å². The van der Waals surface area contributed by atoms with E-state index >= 15 is 0 Å². The standard InChI is InChI=1S/C13H23N3O5/c1-3-14-12(19)10-9-21-8-7-16(10)13(20)15(4-2)6-5-11(17)18/h10H,3-9H2,1-2H3,(H,14,19)(H,17,18). The number of hydrogen-bond acceptors (Lipinski definition) is 4. The lowest BCUT2D eigenvalue weighted by Gasteiger charge is -2.37. The van der Waals surface area contributed by atoms with Crippen molar-refractivity contribution >= 4 is 17.9 Å². The second kappa shape index (κ2) is 8.46. The number of ether oxygens (including phenoxy) is 1. The van der Waals surface area contributed by atoms with Gasteiger partial charge in [-0.3, -0.25) is 9.59 Å².